The first-order chi connectivity index (χ1) is 10.6. The molecule has 1 aromatic rings. The molecule has 1 rings (SSSR count). The van der Waals surface area contributed by atoms with E-state index in [1.807, 2.05) is 0 Å². The average molecular weight is 422 g/mol. The Morgan fingerprint density at radius 2 is 1.21 bits per heavy atom. The molecule has 0 bridgehead atoms. The van der Waals surface area contributed by atoms with Crippen molar-refractivity contribution in [3.05, 3.63) is 30.3 Å². The molecule has 0 unspecified atom stereocenters. The Morgan fingerprint density at radius 1 is 0.792 bits per heavy atom. The van der Waals surface area contributed by atoms with E-state index in [-0.39, 0.29) is 0 Å². The molecule has 0 amide bonds. The molecule has 0 N–H and O–H groups in total. The van der Waals surface area contributed by atoms with Crippen LogP contribution in [0.15, 0.2) is 35.2 Å². The molecule has 0 heterocycles. The highest BCUT2D eigenvalue weighted by Gasteiger charge is 2.60. The summed E-state index contributed by atoms with van der Waals surface area (Å²) in [5, 5.41) is 0. The predicted molar refractivity (Wildman–Crippen MR) is 67.0 cm³/mol. The van der Waals surface area contributed by atoms with Gasteiger partial charge in [-0.2, -0.15) is 34.8 Å². The number of hydrogen-bond acceptors (Lipinski definition) is 5. The van der Waals surface area contributed by atoms with Gasteiger partial charge in [-0.1, -0.05) is 22.7 Å². The van der Waals surface area contributed by atoms with Gasteiger partial charge in [0.05, 0.1) is 4.64 Å². The van der Waals surface area contributed by atoms with Crippen LogP contribution in [0, 0.1) is 0 Å². The lowest BCUT2D eigenvalue weighted by Gasteiger charge is -2.25. The maximum Gasteiger partial charge on any atom is 0.515 e. The van der Waals surface area contributed by atoms with E-state index >= 15 is 0 Å². The third kappa shape index (κ3) is 4.11. The SMILES string of the molecule is O=S(=O)(N(F)N(Sc1ccccc1)S(=O)(=O)C(F)(F)F)C(F)(F)F. The topological polar surface area (TPSA) is 74.8 Å². The lowest BCUT2D eigenvalue weighted by molar-refractivity contribution is -0.0778. The van der Waals surface area contributed by atoms with Gasteiger partial charge in [0.2, 0.25) is 0 Å². The Hall–Kier alpha value is -1.10. The fourth-order valence-electron chi connectivity index (χ4n) is 0.999. The van der Waals surface area contributed by atoms with Crippen molar-refractivity contribution in [2.45, 2.75) is 15.9 Å². The molecule has 6 nitrogen and oxygen atoms in total. The Morgan fingerprint density at radius 3 is 1.58 bits per heavy atom. The van der Waals surface area contributed by atoms with Crippen LogP contribution in [-0.4, -0.2) is 36.3 Å². The van der Waals surface area contributed by atoms with Crippen LogP contribution in [-0.2, 0) is 20.0 Å². The maximum absolute atomic E-state index is 13.6. The molecule has 1 aromatic carbocycles. The number of halogens is 7. The Labute approximate surface area is 135 Å². The number of alkyl halides is 6. The van der Waals surface area contributed by atoms with Crippen LogP contribution >= 0.6 is 11.9 Å². The van der Waals surface area contributed by atoms with E-state index in [1.54, 1.807) is 0 Å². The first kappa shape index (κ1) is 20.9. The second kappa shape index (κ2) is 6.66. The molecular formula is C8H5F7N2O4S3. The van der Waals surface area contributed by atoms with Crippen LogP contribution in [0.25, 0.3) is 0 Å². The van der Waals surface area contributed by atoms with Crippen LogP contribution in [0.3, 0.4) is 0 Å². The summed E-state index contributed by atoms with van der Waals surface area (Å²) >= 11 is -0.729. The molecule has 0 atom stereocenters. The number of nitrogens with zero attached hydrogens (tertiary/aromatic N) is 2. The summed E-state index contributed by atoms with van der Waals surface area (Å²) in [7, 11) is -13.9. The van der Waals surface area contributed by atoms with E-state index in [9.17, 15) is 47.7 Å². The second-order valence-electron chi connectivity index (χ2n) is 3.71. The number of hydrogen-bond donors (Lipinski definition) is 0. The summed E-state index contributed by atoms with van der Waals surface area (Å²) in [6.07, 6.45) is 0. The van der Waals surface area contributed by atoms with Gasteiger partial charge < -0.3 is 0 Å². The van der Waals surface area contributed by atoms with Crippen LogP contribution < -0.4 is 0 Å². The number of hydrazine groups is 1. The normalized spacial score (nSPS) is 14.4. The van der Waals surface area contributed by atoms with Crippen molar-refractivity contribution in [2.75, 3.05) is 0 Å². The molecule has 0 aromatic heterocycles. The summed E-state index contributed by atoms with van der Waals surface area (Å²) in [6, 6.07) is 5.42. The third-order valence-corrected chi connectivity index (χ3v) is 6.13. The molecule has 0 fully saturated rings. The van der Waals surface area contributed by atoms with Crippen molar-refractivity contribution in [3.63, 3.8) is 0 Å². The van der Waals surface area contributed by atoms with Crippen molar-refractivity contribution >= 4 is 32.0 Å². The molecule has 0 saturated heterocycles. The van der Waals surface area contributed by atoms with E-state index < -0.39 is 56.4 Å². The second-order valence-corrected chi connectivity index (χ2v) is 8.41. The minimum absolute atomic E-state index is 0.481. The maximum atomic E-state index is 13.6. The van der Waals surface area contributed by atoms with Crippen LogP contribution in [0.4, 0.5) is 30.8 Å². The Balaban J connectivity index is 3.45. The molecule has 0 aliphatic carbocycles. The number of rotatable bonds is 5. The van der Waals surface area contributed by atoms with Gasteiger partial charge in [-0.05, 0) is 27.9 Å². The minimum atomic E-state index is -7.05. The average Bonchev–Trinajstić information content (AvgIpc) is 2.42. The predicted octanol–water partition coefficient (Wildman–Crippen LogP) is 2.80. The van der Waals surface area contributed by atoms with Crippen molar-refractivity contribution < 1.29 is 47.7 Å². The van der Waals surface area contributed by atoms with E-state index in [4.69, 9.17) is 0 Å². The fraction of sp³-hybridized carbons (Fsp3) is 0.250. The molecular weight excluding hydrogens is 417 g/mol. The van der Waals surface area contributed by atoms with E-state index in [0.29, 0.717) is 0 Å². The zero-order valence-corrected chi connectivity index (χ0v) is 13.2. The van der Waals surface area contributed by atoms with Crippen LogP contribution in [0.2, 0.25) is 0 Å². The molecule has 138 valence electrons. The summed E-state index contributed by atoms with van der Waals surface area (Å²) < 4.78 is 128. The molecule has 0 radical (unpaired) electrons. The van der Waals surface area contributed by atoms with Crippen molar-refractivity contribution in [1.29, 1.82) is 0 Å². The van der Waals surface area contributed by atoms with Gasteiger partial charge in [0.1, 0.15) is 0 Å². The molecule has 24 heavy (non-hydrogen) atoms. The fourth-order valence-corrected chi connectivity index (χ4v) is 4.01. The minimum Gasteiger partial charge on any atom is -0.200 e. The summed E-state index contributed by atoms with van der Waals surface area (Å²) in [6.45, 7) is 0. The smallest absolute Gasteiger partial charge is 0.200 e. The summed E-state index contributed by atoms with van der Waals surface area (Å²) in [4.78, 5) is -0.481. The quantitative estimate of drug-likeness (QED) is 0.316. The van der Waals surface area contributed by atoms with Gasteiger partial charge >= 0.3 is 31.1 Å². The zero-order chi connectivity index (χ0) is 19.0. The lowest BCUT2D eigenvalue weighted by atomic mass is 10.4. The lowest BCUT2D eigenvalue weighted by Crippen LogP contribution is -2.49. The highest BCUT2D eigenvalue weighted by molar-refractivity contribution is 8.09. The molecule has 0 saturated carbocycles. The van der Waals surface area contributed by atoms with Gasteiger partial charge in [0.25, 0.3) is 0 Å². The van der Waals surface area contributed by atoms with Gasteiger partial charge in [-0.15, -0.1) is 0 Å². The molecule has 16 heteroatoms. The number of sulfonamides is 2. The first-order valence-corrected chi connectivity index (χ1v) is 8.89. The largest absolute Gasteiger partial charge is 0.515 e. The number of benzene rings is 1. The highest BCUT2D eigenvalue weighted by atomic mass is 32.3. The summed E-state index contributed by atoms with van der Waals surface area (Å²) in [5.74, 6) is 0. The Kier molecular flexibility index (Phi) is 5.81. The highest BCUT2D eigenvalue weighted by Crippen LogP contribution is 2.39. The van der Waals surface area contributed by atoms with Crippen molar-refractivity contribution in [2.24, 2.45) is 0 Å². The van der Waals surface area contributed by atoms with Crippen LogP contribution in [0.5, 0.6) is 0 Å². The Bertz CT molecular complexity index is 776. The first-order valence-electron chi connectivity index (χ1n) is 5.24. The van der Waals surface area contributed by atoms with E-state index in [1.165, 1.54) is 6.07 Å². The van der Waals surface area contributed by atoms with E-state index in [0.717, 1.165) is 24.3 Å². The molecule has 0 aliphatic heterocycles. The standard InChI is InChI=1S/C8H5F7N2O4S3/c9-7(10,11)23(18,19)16(15)17(24(20,21)8(12,13)14)22-6-4-2-1-3-5-6/h1-5H. The summed E-state index contributed by atoms with van der Waals surface area (Å²) in [5.41, 5.74) is -12.6. The van der Waals surface area contributed by atoms with E-state index in [2.05, 4.69) is 0 Å². The van der Waals surface area contributed by atoms with Gasteiger partial charge in [0, 0.05) is 4.90 Å². The van der Waals surface area contributed by atoms with Crippen molar-refractivity contribution in [3.8, 4) is 0 Å². The molecule has 0 spiro atoms. The monoisotopic (exact) mass is 422 g/mol. The zero-order valence-electron chi connectivity index (χ0n) is 10.8. The van der Waals surface area contributed by atoms with Gasteiger partial charge in [-0.3, -0.25) is 0 Å². The third-order valence-electron chi connectivity index (χ3n) is 2.04. The molecule has 0 aliphatic rings. The van der Waals surface area contributed by atoms with Gasteiger partial charge in [-0.25, -0.2) is 8.42 Å². The van der Waals surface area contributed by atoms with Gasteiger partial charge in [0.15, 0.2) is 0 Å². The van der Waals surface area contributed by atoms with Crippen LogP contribution in [0.1, 0.15) is 0 Å². The van der Waals surface area contributed by atoms with Crippen molar-refractivity contribution in [1.82, 2.24) is 8.46 Å².